The molecule has 0 aromatic heterocycles. The number of benzene rings is 2. The first-order valence-electron chi connectivity index (χ1n) is 7.13. The molecule has 0 radical (unpaired) electrons. The summed E-state index contributed by atoms with van der Waals surface area (Å²) >= 11 is 0. The minimum absolute atomic E-state index is 0.575. The molecule has 0 amide bonds. The van der Waals surface area contributed by atoms with E-state index in [1.807, 2.05) is 60.5 Å². The Morgan fingerprint density at radius 1 is 1.00 bits per heavy atom. The van der Waals surface area contributed by atoms with Gasteiger partial charge in [-0.05, 0) is 23.3 Å². The van der Waals surface area contributed by atoms with Gasteiger partial charge in [-0.2, -0.15) is 21.6 Å². The summed E-state index contributed by atoms with van der Waals surface area (Å²) in [4.78, 5) is 13.6. The van der Waals surface area contributed by atoms with Gasteiger partial charge in [0.1, 0.15) is 5.92 Å². The van der Waals surface area contributed by atoms with E-state index in [1.165, 1.54) is 0 Å². The van der Waals surface area contributed by atoms with Crippen LogP contribution in [0.4, 0.5) is 24.5 Å². The van der Waals surface area contributed by atoms with Crippen molar-refractivity contribution in [1.29, 1.82) is 0 Å². The van der Waals surface area contributed by atoms with Crippen molar-refractivity contribution in [3.63, 3.8) is 0 Å². The lowest BCUT2D eigenvalue weighted by atomic mass is 9.85. The number of halogens is 3. The summed E-state index contributed by atoms with van der Waals surface area (Å²) in [5.41, 5.74) is -1.91. The average Bonchev–Trinajstić information content (AvgIpc) is 2.54. The van der Waals surface area contributed by atoms with Crippen LogP contribution in [0.3, 0.4) is 0 Å². The van der Waals surface area contributed by atoms with Crippen LogP contribution in [-0.2, 0) is 14.9 Å². The molecule has 6 nitrogen and oxygen atoms in total. The molecule has 0 unspecified atom stereocenters. The number of hydrogen-bond donors (Lipinski definition) is 2. The van der Waals surface area contributed by atoms with Crippen LogP contribution in [0.25, 0.3) is 0 Å². The third kappa shape index (κ3) is 3.81. The number of carboxylic acid groups (broad SMARTS) is 1. The van der Waals surface area contributed by atoms with E-state index in [1.54, 1.807) is 0 Å². The Morgan fingerprint density at radius 2 is 1.35 bits per heavy atom. The third-order valence-electron chi connectivity index (χ3n) is 3.76. The fourth-order valence-electron chi connectivity index (χ4n) is 2.64. The molecule has 0 spiro atoms. The van der Waals surface area contributed by atoms with Gasteiger partial charge in [0.05, 0.1) is 0 Å². The molecule has 140 valence electrons. The standard InChI is InChI=1S/C15H13NO2.CHF3O3S/c1-16-12-8-4-2-6-10(12)14(15(17)18)11-7-3-5-9-13(11)16;2-1(3,4)8(5,6)7/h2-9,14H,1H3,(H,17,18);(H,5,6,7). The minimum atomic E-state index is -5.84. The third-order valence-corrected chi connectivity index (χ3v) is 4.34. The van der Waals surface area contributed by atoms with Crippen LogP contribution in [-0.4, -0.2) is 36.6 Å². The van der Waals surface area contributed by atoms with Crippen molar-refractivity contribution in [3.8, 4) is 0 Å². The van der Waals surface area contributed by atoms with Gasteiger partial charge in [-0.25, -0.2) is 0 Å². The van der Waals surface area contributed by atoms with Crippen LogP contribution in [0.5, 0.6) is 0 Å². The normalized spacial score (nSPS) is 14.0. The lowest BCUT2D eigenvalue weighted by molar-refractivity contribution is -0.137. The van der Waals surface area contributed by atoms with Crippen LogP contribution in [0.1, 0.15) is 17.0 Å². The Balaban J connectivity index is 0.000000260. The smallest absolute Gasteiger partial charge is 0.481 e. The summed E-state index contributed by atoms with van der Waals surface area (Å²) in [7, 11) is -3.87. The molecule has 10 heteroatoms. The second-order valence-corrected chi connectivity index (χ2v) is 6.78. The van der Waals surface area contributed by atoms with Crippen molar-refractivity contribution in [2.45, 2.75) is 11.4 Å². The van der Waals surface area contributed by atoms with Crippen molar-refractivity contribution < 1.29 is 36.0 Å². The van der Waals surface area contributed by atoms with Gasteiger partial charge in [0.25, 0.3) is 0 Å². The highest BCUT2D eigenvalue weighted by atomic mass is 32.2. The summed E-state index contributed by atoms with van der Waals surface area (Å²) in [5.74, 6) is -1.38. The van der Waals surface area contributed by atoms with E-state index >= 15 is 0 Å². The highest BCUT2D eigenvalue weighted by molar-refractivity contribution is 7.86. The molecule has 0 saturated carbocycles. The van der Waals surface area contributed by atoms with E-state index in [2.05, 4.69) is 0 Å². The number of anilines is 2. The highest BCUT2D eigenvalue weighted by Gasteiger charge is 2.44. The molecule has 3 rings (SSSR count). The quantitative estimate of drug-likeness (QED) is 0.574. The Bertz CT molecular complexity index is 880. The monoisotopic (exact) mass is 389 g/mol. The maximum absolute atomic E-state index is 11.6. The first-order chi connectivity index (χ1) is 11.9. The molecule has 0 saturated heterocycles. The molecule has 2 aromatic rings. The van der Waals surface area contributed by atoms with E-state index in [9.17, 15) is 23.1 Å². The first-order valence-corrected chi connectivity index (χ1v) is 8.57. The minimum Gasteiger partial charge on any atom is -0.481 e. The van der Waals surface area contributed by atoms with Gasteiger partial charge in [-0.3, -0.25) is 9.35 Å². The highest BCUT2D eigenvalue weighted by Crippen LogP contribution is 2.44. The number of carbonyl (C=O) groups is 1. The Morgan fingerprint density at radius 3 is 1.65 bits per heavy atom. The van der Waals surface area contributed by atoms with Crippen LogP contribution < -0.4 is 4.90 Å². The topological polar surface area (TPSA) is 94.9 Å². The number of carboxylic acids is 1. The van der Waals surface area contributed by atoms with Crippen molar-refractivity contribution >= 4 is 27.5 Å². The number of rotatable bonds is 1. The summed E-state index contributed by atoms with van der Waals surface area (Å²) in [6.07, 6.45) is 0. The predicted molar refractivity (Wildman–Crippen MR) is 88.0 cm³/mol. The molecule has 1 aliphatic rings. The molecule has 1 heterocycles. The van der Waals surface area contributed by atoms with Gasteiger partial charge >= 0.3 is 21.6 Å². The molecule has 0 atom stereocenters. The van der Waals surface area contributed by atoms with Crippen molar-refractivity contribution in [2.24, 2.45) is 0 Å². The van der Waals surface area contributed by atoms with Gasteiger partial charge in [0, 0.05) is 18.4 Å². The fraction of sp³-hybridized carbons (Fsp3) is 0.188. The number of alkyl halides is 3. The zero-order chi connectivity index (χ0) is 19.7. The van der Waals surface area contributed by atoms with Crippen LogP contribution in [0.15, 0.2) is 48.5 Å². The van der Waals surface area contributed by atoms with E-state index in [-0.39, 0.29) is 0 Å². The molecular weight excluding hydrogens is 375 g/mol. The molecule has 2 aromatic carbocycles. The summed E-state index contributed by atoms with van der Waals surface area (Å²) < 4.78 is 57.5. The van der Waals surface area contributed by atoms with Crippen LogP contribution in [0, 0.1) is 0 Å². The molecular formula is C16H14F3NO5S. The molecule has 26 heavy (non-hydrogen) atoms. The van der Waals surface area contributed by atoms with E-state index in [4.69, 9.17) is 13.0 Å². The molecule has 0 aliphatic carbocycles. The van der Waals surface area contributed by atoms with Gasteiger partial charge in [-0.15, -0.1) is 0 Å². The lowest BCUT2D eigenvalue weighted by Crippen LogP contribution is -2.25. The Labute approximate surface area is 147 Å². The molecule has 2 N–H and O–H groups in total. The maximum atomic E-state index is 11.6. The predicted octanol–water partition coefficient (Wildman–Crippen LogP) is 3.38. The van der Waals surface area contributed by atoms with E-state index in [0.717, 1.165) is 22.5 Å². The van der Waals surface area contributed by atoms with Crippen LogP contribution >= 0.6 is 0 Å². The number of aliphatic carboxylic acids is 1. The van der Waals surface area contributed by atoms with Gasteiger partial charge in [-0.1, -0.05) is 36.4 Å². The first kappa shape index (κ1) is 19.7. The number of para-hydroxylation sites is 2. The summed E-state index contributed by atoms with van der Waals surface area (Å²) in [6.45, 7) is 0. The molecule has 0 fully saturated rings. The number of fused-ring (bicyclic) bond motifs is 2. The average molecular weight is 389 g/mol. The summed E-state index contributed by atoms with van der Waals surface area (Å²) in [6, 6.07) is 15.3. The van der Waals surface area contributed by atoms with Crippen molar-refractivity contribution in [1.82, 2.24) is 0 Å². The zero-order valence-corrected chi connectivity index (χ0v) is 14.1. The largest absolute Gasteiger partial charge is 0.522 e. The summed E-state index contributed by atoms with van der Waals surface area (Å²) in [5, 5.41) is 9.50. The van der Waals surface area contributed by atoms with Gasteiger partial charge < -0.3 is 10.0 Å². The molecule has 1 aliphatic heterocycles. The SMILES string of the molecule is CN1c2ccccc2C(C(=O)O)c2ccccc21.O=S(=O)(O)C(F)(F)F. The second kappa shape index (κ2) is 6.96. The lowest BCUT2D eigenvalue weighted by Gasteiger charge is -2.33. The number of hydrogen-bond acceptors (Lipinski definition) is 4. The Kier molecular flexibility index (Phi) is 5.28. The van der Waals surface area contributed by atoms with Crippen molar-refractivity contribution in [3.05, 3.63) is 59.7 Å². The zero-order valence-electron chi connectivity index (χ0n) is 13.3. The van der Waals surface area contributed by atoms with E-state index < -0.39 is 27.5 Å². The van der Waals surface area contributed by atoms with E-state index in [0.29, 0.717) is 0 Å². The number of nitrogens with zero attached hydrogens (tertiary/aromatic N) is 1. The van der Waals surface area contributed by atoms with Crippen LogP contribution in [0.2, 0.25) is 0 Å². The fourth-order valence-corrected chi connectivity index (χ4v) is 2.64. The van der Waals surface area contributed by atoms with Gasteiger partial charge in [0.2, 0.25) is 0 Å². The molecule has 0 bridgehead atoms. The Hall–Kier alpha value is -2.59. The van der Waals surface area contributed by atoms with Gasteiger partial charge in [0.15, 0.2) is 0 Å². The second-order valence-electron chi connectivity index (χ2n) is 5.37. The van der Waals surface area contributed by atoms with Crippen molar-refractivity contribution in [2.75, 3.05) is 11.9 Å². The maximum Gasteiger partial charge on any atom is 0.522 e.